The first kappa shape index (κ1) is 10.5. The summed E-state index contributed by atoms with van der Waals surface area (Å²) in [5, 5.41) is 8.83. The summed E-state index contributed by atoms with van der Waals surface area (Å²) in [5.74, 6) is -0.692. The Hall–Kier alpha value is -0.570. The van der Waals surface area contributed by atoms with E-state index in [1.807, 2.05) is 0 Å². The largest absolute Gasteiger partial charge is 0.481 e. The first-order valence-electron chi connectivity index (χ1n) is 4.93. The highest BCUT2D eigenvalue weighted by Crippen LogP contribution is 2.42. The van der Waals surface area contributed by atoms with Crippen molar-refractivity contribution in [2.24, 2.45) is 5.41 Å². The van der Waals surface area contributed by atoms with Gasteiger partial charge >= 0.3 is 5.97 Å². The molecule has 1 rings (SSSR count). The third-order valence-electron chi connectivity index (χ3n) is 2.72. The summed E-state index contributed by atoms with van der Waals surface area (Å²) in [4.78, 5) is 10.7. The molecule has 0 radical (unpaired) electrons. The van der Waals surface area contributed by atoms with Gasteiger partial charge in [-0.3, -0.25) is 4.79 Å². The average molecular weight is 186 g/mol. The summed E-state index contributed by atoms with van der Waals surface area (Å²) in [5.41, 5.74) is -0.517. The minimum Gasteiger partial charge on any atom is -0.481 e. The van der Waals surface area contributed by atoms with Gasteiger partial charge in [0.1, 0.15) is 0 Å². The van der Waals surface area contributed by atoms with Crippen LogP contribution < -0.4 is 0 Å². The summed E-state index contributed by atoms with van der Waals surface area (Å²) < 4.78 is 5.50. The molecule has 0 unspecified atom stereocenters. The standard InChI is InChI=1S/C10H18O3/c1-3-4-5-13-8-6-10(2,7-8)9(11)12/h8H,3-7H2,1-2H3,(H,11,12)/t8-,10-. The fourth-order valence-corrected chi connectivity index (χ4v) is 1.63. The molecule has 13 heavy (non-hydrogen) atoms. The number of carboxylic acids is 1. The van der Waals surface area contributed by atoms with Crippen molar-refractivity contribution in [2.75, 3.05) is 6.61 Å². The van der Waals surface area contributed by atoms with Crippen LogP contribution >= 0.6 is 0 Å². The lowest BCUT2D eigenvalue weighted by molar-refractivity contribution is -0.164. The monoisotopic (exact) mass is 186 g/mol. The van der Waals surface area contributed by atoms with Crippen molar-refractivity contribution < 1.29 is 14.6 Å². The molecule has 3 heteroatoms. The van der Waals surface area contributed by atoms with E-state index in [-0.39, 0.29) is 6.10 Å². The molecular weight excluding hydrogens is 168 g/mol. The van der Waals surface area contributed by atoms with Gasteiger partial charge in [0.25, 0.3) is 0 Å². The molecular formula is C10H18O3. The zero-order valence-corrected chi connectivity index (χ0v) is 8.38. The molecule has 0 aromatic carbocycles. The number of hydrogen-bond acceptors (Lipinski definition) is 2. The van der Waals surface area contributed by atoms with Gasteiger partial charge in [0.15, 0.2) is 0 Å². The predicted molar refractivity (Wildman–Crippen MR) is 49.6 cm³/mol. The van der Waals surface area contributed by atoms with E-state index in [9.17, 15) is 4.79 Å². The van der Waals surface area contributed by atoms with E-state index in [1.54, 1.807) is 6.92 Å². The second kappa shape index (κ2) is 4.09. The number of carbonyl (C=O) groups is 1. The predicted octanol–water partition coefficient (Wildman–Crippen LogP) is 2.06. The third kappa shape index (κ3) is 2.44. The van der Waals surface area contributed by atoms with Crippen LogP contribution in [0, 0.1) is 5.41 Å². The second-order valence-corrected chi connectivity index (χ2v) is 4.12. The van der Waals surface area contributed by atoms with Crippen LogP contribution in [0.15, 0.2) is 0 Å². The maximum Gasteiger partial charge on any atom is 0.309 e. The van der Waals surface area contributed by atoms with Crippen molar-refractivity contribution in [3.05, 3.63) is 0 Å². The topological polar surface area (TPSA) is 46.5 Å². The van der Waals surface area contributed by atoms with Gasteiger partial charge in [-0.25, -0.2) is 0 Å². The quantitative estimate of drug-likeness (QED) is 0.668. The lowest BCUT2D eigenvalue weighted by Gasteiger charge is -2.41. The smallest absolute Gasteiger partial charge is 0.309 e. The van der Waals surface area contributed by atoms with Gasteiger partial charge in [0.2, 0.25) is 0 Å². The molecule has 3 nitrogen and oxygen atoms in total. The van der Waals surface area contributed by atoms with Crippen molar-refractivity contribution in [1.82, 2.24) is 0 Å². The van der Waals surface area contributed by atoms with Crippen molar-refractivity contribution in [2.45, 2.75) is 45.6 Å². The third-order valence-corrected chi connectivity index (χ3v) is 2.72. The molecule has 0 heterocycles. The number of hydrogen-bond donors (Lipinski definition) is 1. The van der Waals surface area contributed by atoms with Gasteiger partial charge in [-0.05, 0) is 26.2 Å². The Bertz CT molecular complexity index is 183. The van der Waals surface area contributed by atoms with E-state index in [1.165, 1.54) is 0 Å². The van der Waals surface area contributed by atoms with E-state index >= 15 is 0 Å². The van der Waals surface area contributed by atoms with Crippen molar-refractivity contribution in [3.63, 3.8) is 0 Å². The van der Waals surface area contributed by atoms with E-state index in [2.05, 4.69) is 6.92 Å². The van der Waals surface area contributed by atoms with Crippen molar-refractivity contribution in [3.8, 4) is 0 Å². The Labute approximate surface area is 79.1 Å². The summed E-state index contributed by atoms with van der Waals surface area (Å²) in [6, 6.07) is 0. The van der Waals surface area contributed by atoms with Gasteiger partial charge in [-0.2, -0.15) is 0 Å². The molecule has 76 valence electrons. The molecule has 0 aliphatic heterocycles. The normalized spacial score (nSPS) is 32.6. The van der Waals surface area contributed by atoms with Gasteiger partial charge < -0.3 is 9.84 Å². The zero-order chi connectivity index (χ0) is 9.90. The Morgan fingerprint density at radius 3 is 2.69 bits per heavy atom. The van der Waals surface area contributed by atoms with E-state index in [4.69, 9.17) is 9.84 Å². The highest BCUT2D eigenvalue weighted by molar-refractivity contribution is 5.75. The maximum absolute atomic E-state index is 10.7. The fraction of sp³-hybridized carbons (Fsp3) is 0.900. The second-order valence-electron chi connectivity index (χ2n) is 4.12. The average Bonchev–Trinajstić information content (AvgIpc) is 2.01. The first-order valence-corrected chi connectivity index (χ1v) is 4.93. The number of unbranched alkanes of at least 4 members (excludes halogenated alkanes) is 1. The highest BCUT2D eigenvalue weighted by atomic mass is 16.5. The van der Waals surface area contributed by atoms with Crippen LogP contribution in [0.2, 0.25) is 0 Å². The van der Waals surface area contributed by atoms with Gasteiger partial charge in [0.05, 0.1) is 11.5 Å². The molecule has 0 aromatic rings. The minimum atomic E-state index is -0.692. The van der Waals surface area contributed by atoms with E-state index in [0.717, 1.165) is 19.4 Å². The summed E-state index contributed by atoms with van der Waals surface area (Å²) in [7, 11) is 0. The van der Waals surface area contributed by atoms with Crippen molar-refractivity contribution >= 4 is 5.97 Å². The maximum atomic E-state index is 10.7. The van der Waals surface area contributed by atoms with E-state index in [0.29, 0.717) is 12.8 Å². The Morgan fingerprint density at radius 1 is 1.62 bits per heavy atom. The molecule has 1 N–H and O–H groups in total. The molecule has 0 aromatic heterocycles. The Morgan fingerprint density at radius 2 is 2.23 bits per heavy atom. The molecule has 0 amide bonds. The lowest BCUT2D eigenvalue weighted by Crippen LogP contribution is -2.45. The molecule has 1 aliphatic rings. The number of rotatable bonds is 5. The van der Waals surface area contributed by atoms with Crippen molar-refractivity contribution in [1.29, 1.82) is 0 Å². The molecule has 1 saturated carbocycles. The number of aliphatic carboxylic acids is 1. The summed E-state index contributed by atoms with van der Waals surface area (Å²) in [6.07, 6.45) is 3.73. The van der Waals surface area contributed by atoms with Crippen LogP contribution in [0.1, 0.15) is 39.5 Å². The minimum absolute atomic E-state index is 0.188. The van der Waals surface area contributed by atoms with Crippen LogP contribution in [-0.4, -0.2) is 23.8 Å². The Kier molecular flexibility index (Phi) is 3.31. The fourth-order valence-electron chi connectivity index (χ4n) is 1.63. The van der Waals surface area contributed by atoms with E-state index < -0.39 is 11.4 Å². The molecule has 1 aliphatic carbocycles. The van der Waals surface area contributed by atoms with Gasteiger partial charge in [0, 0.05) is 6.61 Å². The number of carboxylic acid groups (broad SMARTS) is 1. The molecule has 0 atom stereocenters. The van der Waals surface area contributed by atoms with Crippen LogP contribution in [0.25, 0.3) is 0 Å². The molecule has 0 spiro atoms. The van der Waals surface area contributed by atoms with Crippen LogP contribution in [-0.2, 0) is 9.53 Å². The first-order chi connectivity index (χ1) is 6.08. The van der Waals surface area contributed by atoms with Gasteiger partial charge in [-0.1, -0.05) is 13.3 Å². The van der Waals surface area contributed by atoms with Crippen LogP contribution in [0.3, 0.4) is 0 Å². The van der Waals surface area contributed by atoms with Crippen LogP contribution in [0.5, 0.6) is 0 Å². The SMILES string of the molecule is CCCCO[C@H]1C[C@](C)(C(=O)O)C1. The lowest BCUT2D eigenvalue weighted by atomic mass is 9.68. The Balaban J connectivity index is 2.14. The highest BCUT2D eigenvalue weighted by Gasteiger charge is 2.46. The van der Waals surface area contributed by atoms with Crippen LogP contribution in [0.4, 0.5) is 0 Å². The molecule has 0 bridgehead atoms. The summed E-state index contributed by atoms with van der Waals surface area (Å²) >= 11 is 0. The van der Waals surface area contributed by atoms with Gasteiger partial charge in [-0.15, -0.1) is 0 Å². The summed E-state index contributed by atoms with van der Waals surface area (Å²) in [6.45, 7) is 4.68. The zero-order valence-electron chi connectivity index (χ0n) is 8.38. The molecule has 0 saturated heterocycles. The molecule has 1 fully saturated rings. The number of ether oxygens (including phenoxy) is 1.